The van der Waals surface area contributed by atoms with E-state index in [2.05, 4.69) is 4.72 Å². The molecule has 0 aliphatic rings. The monoisotopic (exact) mass is 400 g/mol. The molecule has 0 saturated heterocycles. The minimum Gasteiger partial charge on any atom is -0.289 e. The molecule has 3 aromatic carbocycles. The van der Waals surface area contributed by atoms with Crippen LogP contribution in [0.1, 0.15) is 17.0 Å². The molecule has 1 amide bonds. The van der Waals surface area contributed by atoms with Crippen LogP contribution in [0.25, 0.3) is 0 Å². The molecular weight excluding hydrogens is 383 g/mol. The zero-order valence-corrected chi connectivity index (χ0v) is 15.4. The van der Waals surface area contributed by atoms with Crippen LogP contribution < -0.4 is 10.2 Å². The topological polar surface area (TPSA) is 95.5 Å². The summed E-state index contributed by atoms with van der Waals surface area (Å²) in [6.07, 6.45) is 0. The Morgan fingerprint density at radius 1 is 0.857 bits per heavy atom. The van der Waals surface area contributed by atoms with Gasteiger partial charge in [0, 0.05) is 5.69 Å². The minimum absolute atomic E-state index is 0.211. The maximum Gasteiger partial charge on any atom is 0.264 e. The second-order valence-corrected chi connectivity index (χ2v) is 7.63. The van der Waals surface area contributed by atoms with Crippen molar-refractivity contribution >= 4 is 21.6 Å². The third-order valence-corrected chi connectivity index (χ3v) is 5.54. The van der Waals surface area contributed by atoms with Crippen molar-refractivity contribution in [2.24, 2.45) is 0 Å². The molecule has 1 unspecified atom stereocenters. The van der Waals surface area contributed by atoms with Gasteiger partial charge in [0.2, 0.25) is 0 Å². The van der Waals surface area contributed by atoms with Crippen molar-refractivity contribution in [2.45, 2.75) is 10.8 Å². The highest BCUT2D eigenvalue weighted by atomic mass is 32.2. The molecule has 0 radical (unpaired) electrons. The van der Waals surface area contributed by atoms with Gasteiger partial charge >= 0.3 is 0 Å². The van der Waals surface area contributed by atoms with E-state index in [-0.39, 0.29) is 5.69 Å². The summed E-state index contributed by atoms with van der Waals surface area (Å²) in [5, 5.41) is 9.06. The number of hydrogen-bond donors (Lipinski definition) is 3. The Kier molecular flexibility index (Phi) is 5.72. The van der Waals surface area contributed by atoms with Crippen LogP contribution in [0.4, 0.5) is 10.1 Å². The van der Waals surface area contributed by atoms with Gasteiger partial charge in [0.25, 0.3) is 15.9 Å². The van der Waals surface area contributed by atoms with Gasteiger partial charge in [-0.2, -0.15) is 0 Å². The summed E-state index contributed by atoms with van der Waals surface area (Å²) in [6, 6.07) is 20.0. The highest BCUT2D eigenvalue weighted by Crippen LogP contribution is 2.27. The second-order valence-electron chi connectivity index (χ2n) is 5.98. The van der Waals surface area contributed by atoms with Gasteiger partial charge < -0.3 is 0 Å². The SMILES string of the molecule is O=C(NO)C(c1ccccc1)c1ccc(NS(=O)(=O)c2ccccc2F)cc1. The van der Waals surface area contributed by atoms with Crippen LogP contribution in [-0.2, 0) is 14.8 Å². The van der Waals surface area contributed by atoms with E-state index in [1.807, 2.05) is 0 Å². The Balaban J connectivity index is 1.88. The van der Waals surface area contributed by atoms with E-state index >= 15 is 0 Å². The fourth-order valence-corrected chi connectivity index (χ4v) is 3.96. The largest absolute Gasteiger partial charge is 0.289 e. The van der Waals surface area contributed by atoms with Crippen molar-refractivity contribution < 1.29 is 22.8 Å². The lowest BCUT2D eigenvalue weighted by Crippen LogP contribution is -2.27. The van der Waals surface area contributed by atoms with Crippen molar-refractivity contribution in [3.63, 3.8) is 0 Å². The van der Waals surface area contributed by atoms with E-state index in [1.165, 1.54) is 30.3 Å². The fourth-order valence-electron chi connectivity index (χ4n) is 2.82. The van der Waals surface area contributed by atoms with E-state index in [9.17, 15) is 17.6 Å². The summed E-state index contributed by atoms with van der Waals surface area (Å²) in [6.45, 7) is 0. The first kappa shape index (κ1) is 19.5. The predicted octanol–water partition coefficient (Wildman–Crippen LogP) is 3.26. The molecule has 0 fully saturated rings. The maximum atomic E-state index is 13.8. The average molecular weight is 400 g/mol. The third kappa shape index (κ3) is 4.19. The number of hydrogen-bond acceptors (Lipinski definition) is 4. The first-order valence-electron chi connectivity index (χ1n) is 8.28. The zero-order valence-electron chi connectivity index (χ0n) is 14.5. The van der Waals surface area contributed by atoms with Gasteiger partial charge in [0.15, 0.2) is 0 Å². The van der Waals surface area contributed by atoms with Crippen LogP contribution >= 0.6 is 0 Å². The molecule has 0 spiro atoms. The van der Waals surface area contributed by atoms with E-state index in [1.54, 1.807) is 47.9 Å². The summed E-state index contributed by atoms with van der Waals surface area (Å²) in [4.78, 5) is 11.7. The van der Waals surface area contributed by atoms with Crippen molar-refractivity contribution in [1.29, 1.82) is 0 Å². The Bertz CT molecular complexity index is 1070. The number of halogens is 1. The van der Waals surface area contributed by atoms with Crippen LogP contribution in [0.5, 0.6) is 0 Å². The molecule has 0 bridgehead atoms. The number of nitrogens with one attached hydrogen (secondary N) is 2. The summed E-state index contributed by atoms with van der Waals surface area (Å²) < 4.78 is 40.8. The van der Waals surface area contributed by atoms with Gasteiger partial charge in [0.1, 0.15) is 10.7 Å². The predicted molar refractivity (Wildman–Crippen MR) is 102 cm³/mol. The van der Waals surface area contributed by atoms with E-state index in [0.29, 0.717) is 11.1 Å². The molecule has 0 aromatic heterocycles. The lowest BCUT2D eigenvalue weighted by Gasteiger charge is -2.16. The summed E-state index contributed by atoms with van der Waals surface area (Å²) >= 11 is 0. The summed E-state index contributed by atoms with van der Waals surface area (Å²) in [5.74, 6) is -2.25. The Morgan fingerprint density at radius 3 is 2.04 bits per heavy atom. The highest BCUT2D eigenvalue weighted by molar-refractivity contribution is 7.92. The van der Waals surface area contributed by atoms with Crippen LogP contribution in [-0.4, -0.2) is 19.5 Å². The first-order chi connectivity index (χ1) is 13.4. The molecular formula is C20H17FN2O4S. The van der Waals surface area contributed by atoms with Crippen LogP contribution in [0.15, 0.2) is 83.8 Å². The lowest BCUT2D eigenvalue weighted by molar-refractivity contribution is -0.129. The fraction of sp³-hybridized carbons (Fsp3) is 0.0500. The van der Waals surface area contributed by atoms with Crippen LogP contribution in [0, 0.1) is 5.82 Å². The molecule has 28 heavy (non-hydrogen) atoms. The van der Waals surface area contributed by atoms with Gasteiger partial charge in [-0.3, -0.25) is 14.7 Å². The number of carbonyl (C=O) groups excluding carboxylic acids is 1. The summed E-state index contributed by atoms with van der Waals surface area (Å²) in [7, 11) is -4.09. The van der Waals surface area contributed by atoms with E-state index < -0.39 is 32.6 Å². The van der Waals surface area contributed by atoms with Crippen molar-refractivity contribution in [3.8, 4) is 0 Å². The van der Waals surface area contributed by atoms with Crippen molar-refractivity contribution in [3.05, 3.63) is 95.8 Å². The smallest absolute Gasteiger partial charge is 0.264 e. The standard InChI is InChI=1S/C20H17FN2O4S/c21-17-8-4-5-9-18(17)28(26,27)23-16-12-10-15(11-13-16)19(20(24)22-25)14-6-2-1-3-7-14/h1-13,19,23,25H,(H,22,24). The third-order valence-electron chi connectivity index (χ3n) is 4.13. The average Bonchev–Trinajstić information content (AvgIpc) is 2.70. The Labute approximate surface area is 161 Å². The number of hydroxylamine groups is 1. The normalized spacial score (nSPS) is 12.2. The van der Waals surface area contributed by atoms with Gasteiger partial charge in [-0.05, 0) is 35.4 Å². The molecule has 144 valence electrons. The molecule has 6 nitrogen and oxygen atoms in total. The zero-order chi connectivity index (χ0) is 20.1. The van der Waals surface area contributed by atoms with E-state index in [0.717, 1.165) is 6.07 Å². The molecule has 3 rings (SSSR count). The van der Waals surface area contributed by atoms with Crippen molar-refractivity contribution in [1.82, 2.24) is 5.48 Å². The molecule has 0 heterocycles. The Hall–Kier alpha value is -3.23. The summed E-state index contributed by atoms with van der Waals surface area (Å²) in [5.41, 5.74) is 3.07. The number of rotatable bonds is 6. The van der Waals surface area contributed by atoms with Gasteiger partial charge in [-0.25, -0.2) is 18.3 Å². The molecule has 3 aromatic rings. The number of sulfonamides is 1. The second kappa shape index (κ2) is 8.20. The van der Waals surface area contributed by atoms with Crippen LogP contribution in [0.2, 0.25) is 0 Å². The maximum absolute atomic E-state index is 13.8. The molecule has 3 N–H and O–H groups in total. The number of anilines is 1. The van der Waals surface area contributed by atoms with Crippen LogP contribution in [0.3, 0.4) is 0 Å². The van der Waals surface area contributed by atoms with Gasteiger partial charge in [0.05, 0.1) is 5.92 Å². The number of carbonyl (C=O) groups is 1. The molecule has 0 saturated carbocycles. The number of benzene rings is 3. The molecule has 0 aliphatic carbocycles. The van der Waals surface area contributed by atoms with Gasteiger partial charge in [-0.15, -0.1) is 0 Å². The molecule has 1 atom stereocenters. The molecule has 0 aliphatic heterocycles. The first-order valence-corrected chi connectivity index (χ1v) is 9.77. The Morgan fingerprint density at radius 2 is 1.43 bits per heavy atom. The lowest BCUT2D eigenvalue weighted by atomic mass is 9.90. The van der Waals surface area contributed by atoms with Gasteiger partial charge in [-0.1, -0.05) is 54.6 Å². The minimum atomic E-state index is -4.09. The highest BCUT2D eigenvalue weighted by Gasteiger charge is 2.23. The van der Waals surface area contributed by atoms with Crippen molar-refractivity contribution in [2.75, 3.05) is 4.72 Å². The molecule has 8 heteroatoms. The quantitative estimate of drug-likeness (QED) is 0.437. The number of amides is 1. The van der Waals surface area contributed by atoms with E-state index in [4.69, 9.17) is 5.21 Å².